The average molecular weight is 442 g/mol. The number of anilines is 1. The molecule has 0 bridgehead atoms. The first-order valence-corrected chi connectivity index (χ1v) is 9.84. The number of pyridine rings is 1. The SMILES string of the molecule is N=C(N)c1c(N)cc(-c2ccc(C(=O)O)cc2)nc1-c1ccc(Oc2cccc(F)c2)cc1. The second kappa shape index (κ2) is 8.80. The number of halogens is 1. The second-order valence-corrected chi connectivity index (χ2v) is 7.20. The molecule has 164 valence electrons. The number of nitrogens with one attached hydrogen (secondary N) is 1. The number of nitrogens with zero attached hydrogens (tertiary/aromatic N) is 1. The van der Waals surface area contributed by atoms with Gasteiger partial charge in [0, 0.05) is 22.9 Å². The van der Waals surface area contributed by atoms with E-state index in [0.717, 1.165) is 0 Å². The Morgan fingerprint density at radius 2 is 1.61 bits per heavy atom. The number of hydrogen-bond acceptors (Lipinski definition) is 5. The lowest BCUT2D eigenvalue weighted by atomic mass is 10.00. The van der Waals surface area contributed by atoms with E-state index in [4.69, 9.17) is 26.7 Å². The van der Waals surface area contributed by atoms with Gasteiger partial charge in [-0.05, 0) is 54.6 Å². The fourth-order valence-electron chi connectivity index (χ4n) is 3.34. The lowest BCUT2D eigenvalue weighted by molar-refractivity contribution is 0.0697. The van der Waals surface area contributed by atoms with E-state index in [1.54, 1.807) is 54.6 Å². The summed E-state index contributed by atoms with van der Waals surface area (Å²) in [6.45, 7) is 0. The predicted molar refractivity (Wildman–Crippen MR) is 124 cm³/mol. The molecule has 0 unspecified atom stereocenters. The highest BCUT2D eigenvalue weighted by Gasteiger charge is 2.17. The molecule has 0 fully saturated rings. The van der Waals surface area contributed by atoms with Crippen LogP contribution in [0.4, 0.5) is 10.1 Å². The Morgan fingerprint density at radius 1 is 0.939 bits per heavy atom. The van der Waals surface area contributed by atoms with Crippen molar-refractivity contribution in [1.29, 1.82) is 5.41 Å². The van der Waals surface area contributed by atoms with Crippen LogP contribution in [0.2, 0.25) is 0 Å². The molecule has 0 saturated heterocycles. The van der Waals surface area contributed by atoms with Crippen molar-refractivity contribution >= 4 is 17.5 Å². The minimum atomic E-state index is -1.03. The topological polar surface area (TPSA) is 135 Å². The van der Waals surface area contributed by atoms with E-state index >= 15 is 0 Å². The zero-order chi connectivity index (χ0) is 23.5. The number of carbonyl (C=O) groups is 1. The number of carboxylic acids is 1. The Kier molecular flexibility index (Phi) is 5.73. The molecule has 4 rings (SSSR count). The Balaban J connectivity index is 1.72. The lowest BCUT2D eigenvalue weighted by Gasteiger charge is -2.14. The van der Waals surface area contributed by atoms with Gasteiger partial charge in [0.2, 0.25) is 0 Å². The van der Waals surface area contributed by atoms with Crippen molar-refractivity contribution in [1.82, 2.24) is 4.98 Å². The van der Waals surface area contributed by atoms with E-state index in [2.05, 4.69) is 4.98 Å². The highest BCUT2D eigenvalue weighted by molar-refractivity contribution is 6.06. The molecule has 7 nitrogen and oxygen atoms in total. The quantitative estimate of drug-likeness (QED) is 0.247. The summed E-state index contributed by atoms with van der Waals surface area (Å²) in [6.07, 6.45) is 0. The molecule has 0 aliphatic heterocycles. The van der Waals surface area contributed by atoms with Crippen molar-refractivity contribution < 1.29 is 19.0 Å². The van der Waals surface area contributed by atoms with E-state index in [1.165, 1.54) is 24.3 Å². The highest BCUT2D eigenvalue weighted by Crippen LogP contribution is 2.32. The lowest BCUT2D eigenvalue weighted by Crippen LogP contribution is -2.16. The van der Waals surface area contributed by atoms with Crippen LogP contribution in [-0.4, -0.2) is 21.9 Å². The van der Waals surface area contributed by atoms with Gasteiger partial charge in [0.15, 0.2) is 0 Å². The molecule has 33 heavy (non-hydrogen) atoms. The molecule has 1 aromatic heterocycles. The third kappa shape index (κ3) is 4.64. The largest absolute Gasteiger partial charge is 0.478 e. The van der Waals surface area contributed by atoms with Gasteiger partial charge in [-0.1, -0.05) is 18.2 Å². The normalized spacial score (nSPS) is 10.6. The summed E-state index contributed by atoms with van der Waals surface area (Å²) < 4.78 is 19.1. The second-order valence-electron chi connectivity index (χ2n) is 7.20. The molecule has 0 saturated carbocycles. The molecule has 3 aromatic carbocycles. The van der Waals surface area contributed by atoms with Crippen LogP contribution in [0.3, 0.4) is 0 Å². The Bertz CT molecular complexity index is 1350. The van der Waals surface area contributed by atoms with Gasteiger partial charge in [-0.2, -0.15) is 0 Å². The van der Waals surface area contributed by atoms with Crippen LogP contribution >= 0.6 is 0 Å². The maximum absolute atomic E-state index is 13.4. The number of nitrogens with two attached hydrogens (primary N) is 2. The highest BCUT2D eigenvalue weighted by atomic mass is 19.1. The number of carboxylic acid groups (broad SMARTS) is 1. The van der Waals surface area contributed by atoms with Crippen molar-refractivity contribution in [2.45, 2.75) is 0 Å². The van der Waals surface area contributed by atoms with Gasteiger partial charge in [-0.15, -0.1) is 0 Å². The summed E-state index contributed by atoms with van der Waals surface area (Å²) in [6, 6.07) is 20.5. The van der Waals surface area contributed by atoms with Crippen LogP contribution in [0, 0.1) is 11.2 Å². The van der Waals surface area contributed by atoms with Crippen molar-refractivity contribution in [3.63, 3.8) is 0 Å². The Hall–Kier alpha value is -4.72. The molecule has 4 aromatic rings. The van der Waals surface area contributed by atoms with Crippen LogP contribution in [0.1, 0.15) is 15.9 Å². The molecule has 0 atom stereocenters. The van der Waals surface area contributed by atoms with Gasteiger partial charge in [-0.3, -0.25) is 5.41 Å². The maximum Gasteiger partial charge on any atom is 0.335 e. The number of hydrogen-bond donors (Lipinski definition) is 4. The van der Waals surface area contributed by atoms with Crippen LogP contribution in [0.15, 0.2) is 78.9 Å². The monoisotopic (exact) mass is 442 g/mol. The van der Waals surface area contributed by atoms with Crippen molar-refractivity contribution in [3.8, 4) is 34.0 Å². The van der Waals surface area contributed by atoms with E-state index in [0.29, 0.717) is 39.6 Å². The smallest absolute Gasteiger partial charge is 0.335 e. The first kappa shape index (κ1) is 21.5. The standard InChI is InChI=1S/C25H19FN4O3/c26-17-2-1-3-19(12-17)33-18-10-8-15(9-11-18)23-22(24(28)29)20(27)13-21(30-23)14-4-6-16(7-5-14)25(31)32/h1-13H,(H2,27,30)(H3,28,29)(H,31,32). The minimum absolute atomic E-state index is 0.154. The summed E-state index contributed by atoms with van der Waals surface area (Å²) in [5.74, 6) is -0.809. The number of nitrogen functional groups attached to an aromatic ring is 2. The third-order valence-electron chi connectivity index (χ3n) is 4.91. The Labute approximate surface area is 188 Å². The number of amidine groups is 1. The zero-order valence-corrected chi connectivity index (χ0v) is 17.2. The molecular weight excluding hydrogens is 423 g/mol. The summed E-state index contributed by atoms with van der Waals surface area (Å²) in [5, 5.41) is 17.1. The average Bonchev–Trinajstić information content (AvgIpc) is 2.79. The van der Waals surface area contributed by atoms with E-state index < -0.39 is 11.8 Å². The summed E-state index contributed by atoms with van der Waals surface area (Å²) in [5.41, 5.74) is 14.9. The number of ether oxygens (including phenoxy) is 1. The number of aromatic carboxylic acids is 1. The molecule has 0 radical (unpaired) electrons. The molecule has 0 spiro atoms. The van der Waals surface area contributed by atoms with Crippen molar-refractivity contribution in [2.24, 2.45) is 5.73 Å². The summed E-state index contributed by atoms with van der Waals surface area (Å²) in [7, 11) is 0. The molecule has 0 aliphatic carbocycles. The molecule has 6 N–H and O–H groups in total. The van der Waals surface area contributed by atoms with Gasteiger partial charge in [0.25, 0.3) is 0 Å². The van der Waals surface area contributed by atoms with Gasteiger partial charge in [0.1, 0.15) is 23.2 Å². The van der Waals surface area contributed by atoms with Crippen LogP contribution in [-0.2, 0) is 0 Å². The van der Waals surface area contributed by atoms with E-state index in [9.17, 15) is 9.18 Å². The van der Waals surface area contributed by atoms with Crippen LogP contribution in [0.5, 0.6) is 11.5 Å². The minimum Gasteiger partial charge on any atom is -0.478 e. The molecule has 0 amide bonds. The van der Waals surface area contributed by atoms with Gasteiger partial charge < -0.3 is 21.3 Å². The van der Waals surface area contributed by atoms with E-state index in [-0.39, 0.29) is 17.1 Å². The predicted octanol–water partition coefficient (Wildman–Crippen LogP) is 4.91. The van der Waals surface area contributed by atoms with Gasteiger partial charge >= 0.3 is 5.97 Å². The number of rotatable bonds is 6. The maximum atomic E-state index is 13.4. The van der Waals surface area contributed by atoms with Crippen LogP contribution in [0.25, 0.3) is 22.5 Å². The summed E-state index contributed by atoms with van der Waals surface area (Å²) >= 11 is 0. The number of aromatic nitrogens is 1. The first-order chi connectivity index (χ1) is 15.8. The van der Waals surface area contributed by atoms with Crippen molar-refractivity contribution in [3.05, 3.63) is 95.8 Å². The Morgan fingerprint density at radius 3 is 2.21 bits per heavy atom. The van der Waals surface area contributed by atoms with Crippen molar-refractivity contribution in [2.75, 3.05) is 5.73 Å². The zero-order valence-electron chi connectivity index (χ0n) is 17.2. The molecule has 8 heteroatoms. The van der Waals surface area contributed by atoms with E-state index in [1.807, 2.05) is 0 Å². The molecule has 0 aliphatic rings. The van der Waals surface area contributed by atoms with Crippen LogP contribution < -0.4 is 16.2 Å². The first-order valence-electron chi connectivity index (χ1n) is 9.84. The van der Waals surface area contributed by atoms with Gasteiger partial charge in [-0.25, -0.2) is 14.2 Å². The fraction of sp³-hybridized carbons (Fsp3) is 0. The fourth-order valence-corrected chi connectivity index (χ4v) is 3.34. The number of benzene rings is 3. The van der Waals surface area contributed by atoms with Gasteiger partial charge in [0.05, 0.1) is 22.5 Å². The third-order valence-corrected chi connectivity index (χ3v) is 4.91. The molecule has 1 heterocycles. The molecular formula is C25H19FN4O3. The summed E-state index contributed by atoms with van der Waals surface area (Å²) in [4.78, 5) is 15.8.